The van der Waals surface area contributed by atoms with Gasteiger partial charge in [-0.3, -0.25) is 4.79 Å². The van der Waals surface area contributed by atoms with Gasteiger partial charge >= 0.3 is 0 Å². The Labute approximate surface area is 157 Å². The van der Waals surface area contributed by atoms with E-state index in [1.807, 2.05) is 27.7 Å². The summed E-state index contributed by atoms with van der Waals surface area (Å²) in [4.78, 5) is 14.6. The number of carbonyl (C=O) groups is 1. The standard InChI is InChI=1S/C19H31N3O3S/c1-5-21(6-2)18-11-10-16(14-17(18)20-19(23)15(3)4)26(24,25)22-12-8-7-9-13-22/h10-11,14-15H,5-9,12-13H2,1-4H3,(H,20,23). The zero-order chi connectivity index (χ0) is 19.3. The monoisotopic (exact) mass is 381 g/mol. The smallest absolute Gasteiger partial charge is 0.243 e. The molecule has 0 atom stereocenters. The Morgan fingerprint density at radius 1 is 1.15 bits per heavy atom. The Morgan fingerprint density at radius 3 is 2.31 bits per heavy atom. The average Bonchev–Trinajstić information content (AvgIpc) is 2.64. The molecule has 1 N–H and O–H groups in total. The number of anilines is 2. The van der Waals surface area contributed by atoms with E-state index in [-0.39, 0.29) is 16.7 Å². The number of amides is 1. The first-order valence-corrected chi connectivity index (χ1v) is 10.9. The third kappa shape index (κ3) is 4.57. The number of benzene rings is 1. The van der Waals surface area contributed by atoms with Gasteiger partial charge in [-0.25, -0.2) is 8.42 Å². The van der Waals surface area contributed by atoms with Crippen LogP contribution in [0.25, 0.3) is 0 Å². The molecule has 1 amide bonds. The van der Waals surface area contributed by atoms with Gasteiger partial charge < -0.3 is 10.2 Å². The molecule has 146 valence electrons. The highest BCUT2D eigenvalue weighted by molar-refractivity contribution is 7.89. The fourth-order valence-electron chi connectivity index (χ4n) is 3.15. The van der Waals surface area contributed by atoms with Crippen molar-refractivity contribution < 1.29 is 13.2 Å². The highest BCUT2D eigenvalue weighted by atomic mass is 32.2. The van der Waals surface area contributed by atoms with Crippen LogP contribution in [-0.4, -0.2) is 44.8 Å². The number of hydrogen-bond donors (Lipinski definition) is 1. The van der Waals surface area contributed by atoms with Crippen molar-refractivity contribution in [2.75, 3.05) is 36.4 Å². The molecular formula is C19H31N3O3S. The molecule has 26 heavy (non-hydrogen) atoms. The molecule has 1 aliphatic heterocycles. The van der Waals surface area contributed by atoms with Crippen molar-refractivity contribution in [1.29, 1.82) is 0 Å². The van der Waals surface area contributed by atoms with E-state index in [0.717, 1.165) is 38.0 Å². The molecule has 0 bridgehead atoms. The highest BCUT2D eigenvalue weighted by Crippen LogP contribution is 2.31. The largest absolute Gasteiger partial charge is 0.370 e. The molecule has 1 saturated heterocycles. The normalized spacial score (nSPS) is 15.9. The van der Waals surface area contributed by atoms with Gasteiger partial charge in [0.2, 0.25) is 15.9 Å². The number of carbonyl (C=O) groups excluding carboxylic acids is 1. The van der Waals surface area contributed by atoms with E-state index >= 15 is 0 Å². The van der Waals surface area contributed by atoms with Gasteiger partial charge in [-0.05, 0) is 44.9 Å². The molecule has 1 aromatic carbocycles. The van der Waals surface area contributed by atoms with Crippen LogP contribution in [0, 0.1) is 5.92 Å². The second-order valence-electron chi connectivity index (χ2n) is 6.96. The Morgan fingerprint density at radius 2 is 1.77 bits per heavy atom. The molecule has 1 fully saturated rings. The summed E-state index contributed by atoms with van der Waals surface area (Å²) < 4.78 is 27.5. The van der Waals surface area contributed by atoms with Crippen LogP contribution in [0.5, 0.6) is 0 Å². The molecule has 1 heterocycles. The molecule has 0 aliphatic carbocycles. The summed E-state index contributed by atoms with van der Waals surface area (Å²) in [7, 11) is -3.53. The third-order valence-corrected chi connectivity index (χ3v) is 6.70. The Bertz CT molecular complexity index is 722. The summed E-state index contributed by atoms with van der Waals surface area (Å²) in [5.74, 6) is -0.298. The summed E-state index contributed by atoms with van der Waals surface area (Å²) in [6.45, 7) is 10.4. The number of piperidine rings is 1. The topological polar surface area (TPSA) is 69.7 Å². The van der Waals surface area contributed by atoms with Gasteiger partial charge in [0.05, 0.1) is 16.3 Å². The summed E-state index contributed by atoms with van der Waals surface area (Å²) in [5, 5.41) is 2.91. The minimum atomic E-state index is -3.53. The molecule has 7 heteroatoms. The Hall–Kier alpha value is -1.60. The van der Waals surface area contributed by atoms with Crippen molar-refractivity contribution in [2.24, 2.45) is 5.92 Å². The average molecular weight is 382 g/mol. The van der Waals surface area contributed by atoms with Crippen molar-refractivity contribution in [3.8, 4) is 0 Å². The molecule has 0 spiro atoms. The first-order valence-electron chi connectivity index (χ1n) is 9.51. The lowest BCUT2D eigenvalue weighted by atomic mass is 10.2. The molecule has 2 rings (SSSR count). The van der Waals surface area contributed by atoms with Crippen molar-refractivity contribution in [2.45, 2.75) is 51.9 Å². The minimum Gasteiger partial charge on any atom is -0.370 e. The fourth-order valence-corrected chi connectivity index (χ4v) is 4.69. The van der Waals surface area contributed by atoms with Crippen LogP contribution in [0.2, 0.25) is 0 Å². The molecule has 0 radical (unpaired) electrons. The van der Waals surface area contributed by atoms with Crippen molar-refractivity contribution in [3.05, 3.63) is 18.2 Å². The van der Waals surface area contributed by atoms with E-state index in [0.29, 0.717) is 18.8 Å². The predicted molar refractivity (Wildman–Crippen MR) is 106 cm³/mol. The number of nitrogens with zero attached hydrogens (tertiary/aromatic N) is 2. The van der Waals surface area contributed by atoms with Crippen LogP contribution >= 0.6 is 0 Å². The maximum atomic E-state index is 13.0. The maximum absolute atomic E-state index is 13.0. The summed E-state index contributed by atoms with van der Waals surface area (Å²) in [5.41, 5.74) is 1.41. The molecule has 1 aliphatic rings. The predicted octanol–water partition coefficient (Wildman–Crippen LogP) is 3.30. The van der Waals surface area contributed by atoms with E-state index < -0.39 is 10.0 Å². The van der Waals surface area contributed by atoms with Crippen molar-refractivity contribution >= 4 is 27.3 Å². The number of nitrogens with one attached hydrogen (secondary N) is 1. The van der Waals surface area contributed by atoms with Gasteiger partial charge in [0.15, 0.2) is 0 Å². The molecule has 1 aromatic rings. The Balaban J connectivity index is 2.44. The van der Waals surface area contributed by atoms with E-state index in [2.05, 4.69) is 10.2 Å². The highest BCUT2D eigenvalue weighted by Gasteiger charge is 2.27. The first-order chi connectivity index (χ1) is 12.3. The quantitative estimate of drug-likeness (QED) is 0.787. The summed E-state index contributed by atoms with van der Waals surface area (Å²) in [6, 6.07) is 5.07. The third-order valence-electron chi connectivity index (χ3n) is 4.81. The van der Waals surface area contributed by atoms with Gasteiger partial charge in [0.25, 0.3) is 0 Å². The van der Waals surface area contributed by atoms with Crippen LogP contribution in [0.1, 0.15) is 47.0 Å². The molecular weight excluding hydrogens is 350 g/mol. The lowest BCUT2D eigenvalue weighted by Gasteiger charge is -2.28. The van der Waals surface area contributed by atoms with Crippen molar-refractivity contribution in [3.63, 3.8) is 0 Å². The van der Waals surface area contributed by atoms with Gasteiger partial charge in [0.1, 0.15) is 0 Å². The van der Waals surface area contributed by atoms with Gasteiger partial charge in [-0.1, -0.05) is 20.3 Å². The zero-order valence-corrected chi connectivity index (χ0v) is 17.1. The molecule has 0 aromatic heterocycles. The molecule has 6 nitrogen and oxygen atoms in total. The first kappa shape index (κ1) is 20.7. The number of hydrogen-bond acceptors (Lipinski definition) is 4. The fraction of sp³-hybridized carbons (Fsp3) is 0.632. The molecule has 0 unspecified atom stereocenters. The lowest BCUT2D eigenvalue weighted by Crippen LogP contribution is -2.35. The summed E-state index contributed by atoms with van der Waals surface area (Å²) in [6.07, 6.45) is 2.87. The second-order valence-corrected chi connectivity index (χ2v) is 8.90. The number of sulfonamides is 1. The van der Waals surface area contributed by atoms with Crippen LogP contribution in [0.4, 0.5) is 11.4 Å². The van der Waals surface area contributed by atoms with Crippen LogP contribution in [0.3, 0.4) is 0 Å². The minimum absolute atomic E-state index is 0.120. The van der Waals surface area contributed by atoms with E-state index in [4.69, 9.17) is 0 Å². The molecule has 0 saturated carbocycles. The van der Waals surface area contributed by atoms with E-state index in [1.165, 1.54) is 0 Å². The van der Waals surface area contributed by atoms with E-state index in [1.54, 1.807) is 22.5 Å². The van der Waals surface area contributed by atoms with Crippen LogP contribution in [-0.2, 0) is 14.8 Å². The van der Waals surface area contributed by atoms with Crippen molar-refractivity contribution in [1.82, 2.24) is 4.31 Å². The summed E-state index contributed by atoms with van der Waals surface area (Å²) >= 11 is 0. The van der Waals surface area contributed by atoms with Gasteiger partial charge in [0, 0.05) is 32.1 Å². The number of rotatable bonds is 7. The van der Waals surface area contributed by atoms with Gasteiger partial charge in [-0.2, -0.15) is 4.31 Å². The SMILES string of the molecule is CCN(CC)c1ccc(S(=O)(=O)N2CCCCC2)cc1NC(=O)C(C)C. The second kappa shape index (κ2) is 8.86. The van der Waals surface area contributed by atoms with Crippen LogP contribution in [0.15, 0.2) is 23.1 Å². The van der Waals surface area contributed by atoms with Crippen LogP contribution < -0.4 is 10.2 Å². The Kier molecular flexibility index (Phi) is 7.06. The van der Waals surface area contributed by atoms with E-state index in [9.17, 15) is 13.2 Å². The maximum Gasteiger partial charge on any atom is 0.243 e. The van der Waals surface area contributed by atoms with Gasteiger partial charge in [-0.15, -0.1) is 0 Å². The lowest BCUT2D eigenvalue weighted by molar-refractivity contribution is -0.118. The zero-order valence-electron chi connectivity index (χ0n) is 16.3.